The maximum atomic E-state index is 13.2. The quantitative estimate of drug-likeness (QED) is 0.766. The van der Waals surface area contributed by atoms with E-state index in [1.807, 2.05) is 25.5 Å². The fraction of sp³-hybridized carbons (Fsp3) is 0.533. The molecule has 6 nitrogen and oxygen atoms in total. The molecule has 130 valence electrons. The first-order valence-corrected chi connectivity index (χ1v) is 7.77. The number of rotatable bonds is 0. The van der Waals surface area contributed by atoms with Gasteiger partial charge in [0, 0.05) is 24.3 Å². The molecule has 1 aliphatic rings. The Bertz CT molecular complexity index is 752. The third kappa shape index (κ3) is 3.15. The molecule has 0 unspecified atom stereocenters. The molecule has 3 heterocycles. The largest absolute Gasteiger partial charge is 0.421 e. The number of hydrogen-bond acceptors (Lipinski definition) is 5. The number of fused-ring (bicyclic) bond motifs is 3. The summed E-state index contributed by atoms with van der Waals surface area (Å²) in [6.45, 7) is 6.32. The summed E-state index contributed by atoms with van der Waals surface area (Å²) in [7, 11) is 0. The van der Waals surface area contributed by atoms with E-state index in [2.05, 4.69) is 25.7 Å². The molecule has 1 aliphatic heterocycles. The fourth-order valence-electron chi connectivity index (χ4n) is 2.71. The van der Waals surface area contributed by atoms with Crippen LogP contribution in [0.15, 0.2) is 6.20 Å². The predicted molar refractivity (Wildman–Crippen MR) is 84.3 cm³/mol. The van der Waals surface area contributed by atoms with Gasteiger partial charge in [-0.05, 0) is 33.6 Å². The molecule has 0 fully saturated rings. The number of hydrogen-bond donors (Lipinski definition) is 2. The van der Waals surface area contributed by atoms with E-state index in [1.54, 1.807) is 0 Å². The van der Waals surface area contributed by atoms with Crippen LogP contribution in [0, 0.1) is 13.8 Å². The van der Waals surface area contributed by atoms with E-state index < -0.39 is 11.7 Å². The molecular weight excluding hydrogens is 321 g/mol. The van der Waals surface area contributed by atoms with Crippen molar-refractivity contribution < 1.29 is 13.2 Å². The van der Waals surface area contributed by atoms with Gasteiger partial charge in [-0.2, -0.15) is 23.3 Å². The summed E-state index contributed by atoms with van der Waals surface area (Å²) in [5.74, 6) is 0.631. The van der Waals surface area contributed by atoms with Crippen LogP contribution in [0.25, 0.3) is 0 Å². The van der Waals surface area contributed by atoms with E-state index in [0.717, 1.165) is 23.9 Å². The smallest absolute Gasteiger partial charge is 0.367 e. The average Bonchev–Trinajstić information content (AvgIpc) is 2.73. The van der Waals surface area contributed by atoms with Gasteiger partial charge < -0.3 is 10.6 Å². The van der Waals surface area contributed by atoms with E-state index in [9.17, 15) is 13.2 Å². The van der Waals surface area contributed by atoms with Crippen LogP contribution in [0.4, 0.5) is 30.8 Å². The van der Waals surface area contributed by atoms with Gasteiger partial charge in [-0.15, -0.1) is 0 Å². The minimum absolute atomic E-state index is 0.115. The summed E-state index contributed by atoms with van der Waals surface area (Å²) in [6.07, 6.45) is -2.21. The monoisotopic (exact) mass is 340 g/mol. The number of aryl methyl sites for hydroxylation is 2. The Morgan fingerprint density at radius 3 is 2.75 bits per heavy atom. The van der Waals surface area contributed by atoms with Crippen LogP contribution in [0.1, 0.15) is 36.6 Å². The van der Waals surface area contributed by atoms with Crippen molar-refractivity contribution in [1.82, 2.24) is 19.7 Å². The molecule has 0 aliphatic carbocycles. The van der Waals surface area contributed by atoms with Crippen molar-refractivity contribution in [3.05, 3.63) is 23.0 Å². The third-order valence-electron chi connectivity index (χ3n) is 4.14. The number of anilines is 3. The Morgan fingerprint density at radius 1 is 1.29 bits per heavy atom. The first-order valence-electron chi connectivity index (χ1n) is 7.77. The van der Waals surface area contributed by atoms with E-state index >= 15 is 0 Å². The van der Waals surface area contributed by atoms with Gasteiger partial charge in [-0.1, -0.05) is 0 Å². The number of halogens is 3. The second kappa shape index (κ2) is 5.95. The lowest BCUT2D eigenvalue weighted by Gasteiger charge is -2.18. The highest BCUT2D eigenvalue weighted by Gasteiger charge is 2.35. The summed E-state index contributed by atoms with van der Waals surface area (Å²) >= 11 is 0. The van der Waals surface area contributed by atoms with Crippen molar-refractivity contribution in [3.63, 3.8) is 0 Å². The van der Waals surface area contributed by atoms with Gasteiger partial charge in [0.15, 0.2) is 0 Å². The summed E-state index contributed by atoms with van der Waals surface area (Å²) in [5, 5.41) is 10.3. The van der Waals surface area contributed by atoms with Crippen molar-refractivity contribution in [1.29, 1.82) is 0 Å². The van der Waals surface area contributed by atoms with E-state index in [4.69, 9.17) is 0 Å². The number of nitrogens with zero attached hydrogens (tertiary/aromatic N) is 4. The average molecular weight is 340 g/mol. The molecular formula is C15H19F3N6. The Balaban J connectivity index is 2.08. The molecule has 0 amide bonds. The van der Waals surface area contributed by atoms with E-state index in [-0.39, 0.29) is 17.8 Å². The highest BCUT2D eigenvalue weighted by molar-refractivity contribution is 5.58. The summed E-state index contributed by atoms with van der Waals surface area (Å²) in [6, 6.07) is -0.145. The molecule has 0 radical (unpaired) electrons. The molecule has 9 heteroatoms. The minimum Gasteiger partial charge on any atom is -0.367 e. The zero-order valence-electron chi connectivity index (χ0n) is 13.7. The highest BCUT2D eigenvalue weighted by Crippen LogP contribution is 2.35. The SMILES string of the molecule is Cc1nn2c(c1C)Nc1ncc(C(F)(F)F)c(n1)N[C@@H](C)CCC2. The maximum absolute atomic E-state index is 13.2. The third-order valence-corrected chi connectivity index (χ3v) is 4.14. The van der Waals surface area contributed by atoms with Crippen LogP contribution < -0.4 is 10.6 Å². The molecule has 2 aromatic heterocycles. The number of nitrogens with one attached hydrogen (secondary N) is 2. The van der Waals surface area contributed by atoms with Crippen molar-refractivity contribution in [2.75, 3.05) is 10.6 Å². The molecule has 3 rings (SSSR count). The van der Waals surface area contributed by atoms with Crippen molar-refractivity contribution in [2.24, 2.45) is 0 Å². The van der Waals surface area contributed by atoms with E-state index in [0.29, 0.717) is 18.8 Å². The topological polar surface area (TPSA) is 67.7 Å². The van der Waals surface area contributed by atoms with E-state index in [1.165, 1.54) is 0 Å². The summed E-state index contributed by atoms with van der Waals surface area (Å²) in [5.41, 5.74) is 0.939. The van der Waals surface area contributed by atoms with Crippen LogP contribution in [-0.2, 0) is 12.7 Å². The molecule has 2 aromatic rings. The molecule has 1 atom stereocenters. The van der Waals surface area contributed by atoms with Crippen LogP contribution >= 0.6 is 0 Å². The van der Waals surface area contributed by atoms with Gasteiger partial charge in [0.05, 0.1) is 5.69 Å². The molecule has 24 heavy (non-hydrogen) atoms. The van der Waals surface area contributed by atoms with Gasteiger partial charge in [0.2, 0.25) is 5.95 Å². The maximum Gasteiger partial charge on any atom is 0.421 e. The Kier molecular flexibility index (Phi) is 4.10. The molecule has 0 saturated heterocycles. The number of alkyl halides is 3. The lowest BCUT2D eigenvalue weighted by Crippen LogP contribution is -2.20. The summed E-state index contributed by atoms with van der Waals surface area (Å²) < 4.78 is 41.3. The van der Waals surface area contributed by atoms with Crippen molar-refractivity contribution in [3.8, 4) is 0 Å². The van der Waals surface area contributed by atoms with Crippen LogP contribution in [-0.4, -0.2) is 25.8 Å². The Hall–Kier alpha value is -2.32. The first-order chi connectivity index (χ1) is 11.3. The fourth-order valence-corrected chi connectivity index (χ4v) is 2.71. The molecule has 0 saturated carbocycles. The van der Waals surface area contributed by atoms with Gasteiger partial charge in [-0.25, -0.2) is 9.67 Å². The predicted octanol–water partition coefficient (Wildman–Crippen LogP) is 3.65. The number of aromatic nitrogens is 4. The van der Waals surface area contributed by atoms with Crippen LogP contribution in [0.2, 0.25) is 0 Å². The second-order valence-corrected chi connectivity index (χ2v) is 6.05. The minimum atomic E-state index is -4.50. The van der Waals surface area contributed by atoms with Gasteiger partial charge in [-0.3, -0.25) is 0 Å². The highest BCUT2D eigenvalue weighted by atomic mass is 19.4. The van der Waals surface area contributed by atoms with Crippen molar-refractivity contribution >= 4 is 17.6 Å². The Labute approximate surface area is 137 Å². The van der Waals surface area contributed by atoms with Crippen LogP contribution in [0.3, 0.4) is 0 Å². The lowest BCUT2D eigenvalue weighted by molar-refractivity contribution is -0.137. The van der Waals surface area contributed by atoms with Gasteiger partial charge >= 0.3 is 6.18 Å². The molecule has 0 spiro atoms. The zero-order chi connectivity index (χ0) is 17.5. The van der Waals surface area contributed by atoms with Crippen molar-refractivity contribution in [2.45, 2.75) is 52.4 Å². The standard InChI is InChI=1S/C15H19F3N6/c1-8-5-4-6-24-13(9(2)10(3)23-24)22-14-19-7-11(15(16,17)18)12(20-8)21-14/h7-8H,4-6H2,1-3H3,(H2,19,20,21,22)/t8-/m0/s1. The first kappa shape index (κ1) is 16.5. The molecule has 2 N–H and O–H groups in total. The lowest BCUT2D eigenvalue weighted by atomic mass is 10.1. The van der Waals surface area contributed by atoms with Crippen LogP contribution in [0.5, 0.6) is 0 Å². The summed E-state index contributed by atoms with van der Waals surface area (Å²) in [4.78, 5) is 7.88. The Morgan fingerprint density at radius 2 is 2.04 bits per heavy atom. The molecule has 0 aromatic carbocycles. The molecule has 2 bridgehead atoms. The second-order valence-electron chi connectivity index (χ2n) is 6.05. The van der Waals surface area contributed by atoms with Gasteiger partial charge in [0.25, 0.3) is 0 Å². The zero-order valence-corrected chi connectivity index (χ0v) is 13.7. The van der Waals surface area contributed by atoms with Gasteiger partial charge in [0.1, 0.15) is 17.2 Å². The normalized spacial score (nSPS) is 18.2.